The van der Waals surface area contributed by atoms with Crippen molar-refractivity contribution in [2.75, 3.05) is 13.6 Å². The zero-order valence-electron chi connectivity index (χ0n) is 11.0. The van der Waals surface area contributed by atoms with Gasteiger partial charge in [-0.1, -0.05) is 26.0 Å². The molecular formula is C14H20FNO. The lowest BCUT2D eigenvalue weighted by molar-refractivity contribution is -0.126. The highest BCUT2D eigenvalue weighted by Gasteiger charge is 2.17. The molecule has 0 aliphatic heterocycles. The number of likely N-dealkylation sites (N-methyl/N-ethyl adjacent to an activating group) is 1. The first-order chi connectivity index (χ1) is 7.91. The van der Waals surface area contributed by atoms with Gasteiger partial charge in [-0.3, -0.25) is 4.79 Å². The first-order valence-electron chi connectivity index (χ1n) is 5.89. The van der Waals surface area contributed by atoms with Crippen LogP contribution in [-0.4, -0.2) is 24.4 Å². The number of halogens is 1. The summed E-state index contributed by atoms with van der Waals surface area (Å²) < 4.78 is 13.3. The van der Waals surface area contributed by atoms with Crippen molar-refractivity contribution in [3.63, 3.8) is 0 Å². The Morgan fingerprint density at radius 3 is 2.76 bits per heavy atom. The summed E-state index contributed by atoms with van der Waals surface area (Å²) in [6.45, 7) is 6.56. The van der Waals surface area contributed by atoms with E-state index in [1.165, 1.54) is 6.08 Å². The van der Waals surface area contributed by atoms with E-state index in [-0.39, 0.29) is 11.7 Å². The van der Waals surface area contributed by atoms with Gasteiger partial charge >= 0.3 is 0 Å². The second-order valence-corrected chi connectivity index (χ2v) is 4.94. The highest BCUT2D eigenvalue weighted by Crippen LogP contribution is 2.21. The fourth-order valence-electron chi connectivity index (χ4n) is 1.84. The number of hydrogen-bond acceptors (Lipinski definition) is 1. The molecule has 0 aromatic heterocycles. The van der Waals surface area contributed by atoms with E-state index in [1.54, 1.807) is 31.0 Å². The third-order valence-corrected chi connectivity index (χ3v) is 2.66. The predicted molar refractivity (Wildman–Crippen MR) is 68.1 cm³/mol. The molecule has 0 radical (unpaired) electrons. The fraction of sp³-hybridized carbons (Fsp3) is 0.500. The number of rotatable bonds is 3. The maximum absolute atomic E-state index is 13.3. The summed E-state index contributed by atoms with van der Waals surface area (Å²) in [5.41, 5.74) is 1.26. The van der Waals surface area contributed by atoms with E-state index in [0.29, 0.717) is 30.0 Å². The molecular weight excluding hydrogens is 217 g/mol. The van der Waals surface area contributed by atoms with Crippen molar-refractivity contribution >= 4 is 5.91 Å². The van der Waals surface area contributed by atoms with Crippen LogP contribution in [-0.2, 0) is 4.79 Å². The lowest BCUT2D eigenvalue weighted by Gasteiger charge is -2.20. The Bertz CT molecular complexity index is 391. The number of carbonyl (C=O) groups is 1. The Balaban J connectivity index is 2.78. The van der Waals surface area contributed by atoms with E-state index in [9.17, 15) is 9.18 Å². The molecule has 1 aliphatic carbocycles. The van der Waals surface area contributed by atoms with Crippen molar-refractivity contribution in [1.82, 2.24) is 4.90 Å². The zero-order chi connectivity index (χ0) is 13.0. The zero-order valence-corrected chi connectivity index (χ0v) is 11.0. The Morgan fingerprint density at radius 2 is 2.18 bits per heavy atom. The van der Waals surface area contributed by atoms with Gasteiger partial charge in [0.25, 0.3) is 0 Å². The summed E-state index contributed by atoms with van der Waals surface area (Å²) in [7, 11) is 1.78. The van der Waals surface area contributed by atoms with E-state index in [2.05, 4.69) is 13.8 Å². The molecule has 17 heavy (non-hydrogen) atoms. The monoisotopic (exact) mass is 237 g/mol. The van der Waals surface area contributed by atoms with Crippen LogP contribution in [0.25, 0.3) is 0 Å². The van der Waals surface area contributed by atoms with E-state index in [0.717, 1.165) is 0 Å². The molecule has 0 aromatic carbocycles. The van der Waals surface area contributed by atoms with E-state index < -0.39 is 0 Å². The number of amides is 1. The van der Waals surface area contributed by atoms with Gasteiger partial charge in [0.2, 0.25) is 5.91 Å². The Morgan fingerprint density at radius 1 is 1.53 bits per heavy atom. The molecule has 0 saturated heterocycles. The number of hydrogen-bond donors (Lipinski definition) is 0. The molecule has 0 unspecified atom stereocenters. The van der Waals surface area contributed by atoms with Gasteiger partial charge in [-0.2, -0.15) is 0 Å². The lowest BCUT2D eigenvalue weighted by atomic mass is 10.1. The number of nitrogens with zero attached hydrogens (tertiary/aromatic N) is 1. The SMILES string of the molecule is CC1=C(F)C=CC=C(C(=O)N(C)CC(C)C)C1. The average molecular weight is 237 g/mol. The molecule has 0 fully saturated rings. The Kier molecular flexibility index (Phi) is 4.67. The van der Waals surface area contributed by atoms with Gasteiger partial charge in [0.05, 0.1) is 0 Å². The van der Waals surface area contributed by atoms with Gasteiger partial charge in [0.1, 0.15) is 5.83 Å². The molecule has 1 aliphatic rings. The Hall–Kier alpha value is -1.38. The highest BCUT2D eigenvalue weighted by atomic mass is 19.1. The third kappa shape index (κ3) is 3.84. The van der Waals surface area contributed by atoms with Crippen LogP contribution in [0.2, 0.25) is 0 Å². The van der Waals surface area contributed by atoms with Gasteiger partial charge in [-0.15, -0.1) is 0 Å². The lowest BCUT2D eigenvalue weighted by Crippen LogP contribution is -2.31. The summed E-state index contributed by atoms with van der Waals surface area (Å²) in [4.78, 5) is 13.8. The minimum absolute atomic E-state index is 0.0163. The molecule has 1 rings (SSSR count). The van der Waals surface area contributed by atoms with Gasteiger partial charge < -0.3 is 4.90 Å². The van der Waals surface area contributed by atoms with Crippen molar-refractivity contribution in [3.05, 3.63) is 35.2 Å². The second kappa shape index (κ2) is 5.80. The molecule has 3 heteroatoms. The molecule has 0 atom stereocenters. The van der Waals surface area contributed by atoms with Crippen LogP contribution in [0.1, 0.15) is 27.2 Å². The van der Waals surface area contributed by atoms with Crippen molar-refractivity contribution < 1.29 is 9.18 Å². The van der Waals surface area contributed by atoms with Crippen molar-refractivity contribution in [2.24, 2.45) is 5.92 Å². The quantitative estimate of drug-likeness (QED) is 0.738. The largest absolute Gasteiger partial charge is 0.342 e. The first kappa shape index (κ1) is 13.7. The summed E-state index contributed by atoms with van der Waals surface area (Å²) in [6, 6.07) is 0. The molecule has 0 bridgehead atoms. The van der Waals surface area contributed by atoms with Crippen LogP contribution < -0.4 is 0 Å². The van der Waals surface area contributed by atoms with Crippen LogP contribution in [0.4, 0.5) is 4.39 Å². The van der Waals surface area contributed by atoms with Crippen molar-refractivity contribution in [3.8, 4) is 0 Å². The maximum Gasteiger partial charge on any atom is 0.249 e. The van der Waals surface area contributed by atoms with Gasteiger partial charge in [-0.25, -0.2) is 4.39 Å². The molecule has 1 amide bonds. The summed E-state index contributed by atoms with van der Waals surface area (Å²) in [5, 5.41) is 0. The molecule has 0 spiro atoms. The van der Waals surface area contributed by atoms with Gasteiger partial charge in [0.15, 0.2) is 0 Å². The van der Waals surface area contributed by atoms with E-state index in [1.807, 2.05) is 0 Å². The van der Waals surface area contributed by atoms with Crippen LogP contribution in [0.15, 0.2) is 35.2 Å². The normalized spacial score (nSPS) is 16.0. The first-order valence-corrected chi connectivity index (χ1v) is 5.89. The molecule has 0 N–H and O–H groups in total. The molecule has 0 saturated carbocycles. The van der Waals surface area contributed by atoms with E-state index in [4.69, 9.17) is 0 Å². The number of carbonyl (C=O) groups excluding carboxylic acids is 1. The van der Waals surface area contributed by atoms with Crippen LogP contribution in [0, 0.1) is 5.92 Å². The average Bonchev–Trinajstić information content (AvgIpc) is 2.40. The fourth-order valence-corrected chi connectivity index (χ4v) is 1.84. The smallest absolute Gasteiger partial charge is 0.249 e. The molecule has 94 valence electrons. The van der Waals surface area contributed by atoms with Crippen molar-refractivity contribution in [1.29, 1.82) is 0 Å². The molecule has 0 aromatic rings. The standard InChI is InChI=1S/C14H20FNO/c1-10(2)9-16(4)14(17)12-6-5-7-13(15)11(3)8-12/h5-7,10H,8-9H2,1-4H3. The van der Waals surface area contributed by atoms with E-state index >= 15 is 0 Å². The summed E-state index contributed by atoms with van der Waals surface area (Å²) in [5.74, 6) is 0.173. The number of allylic oxidation sites excluding steroid dienone is 5. The maximum atomic E-state index is 13.3. The highest BCUT2D eigenvalue weighted by molar-refractivity contribution is 5.94. The third-order valence-electron chi connectivity index (χ3n) is 2.66. The van der Waals surface area contributed by atoms with Gasteiger partial charge in [-0.05, 0) is 24.5 Å². The van der Waals surface area contributed by atoms with Crippen molar-refractivity contribution in [2.45, 2.75) is 27.2 Å². The summed E-state index contributed by atoms with van der Waals surface area (Å²) >= 11 is 0. The topological polar surface area (TPSA) is 20.3 Å². The van der Waals surface area contributed by atoms with Gasteiger partial charge in [0, 0.05) is 25.6 Å². The predicted octanol–water partition coefficient (Wildman–Crippen LogP) is 3.23. The molecule has 2 nitrogen and oxygen atoms in total. The minimum atomic E-state index is -0.240. The summed E-state index contributed by atoms with van der Waals surface area (Å²) in [6.07, 6.45) is 5.09. The van der Waals surface area contributed by atoms with Crippen LogP contribution in [0.5, 0.6) is 0 Å². The van der Waals surface area contributed by atoms with Crippen LogP contribution >= 0.6 is 0 Å². The van der Waals surface area contributed by atoms with Crippen LogP contribution in [0.3, 0.4) is 0 Å². The minimum Gasteiger partial charge on any atom is -0.342 e. The molecule has 0 heterocycles. The second-order valence-electron chi connectivity index (χ2n) is 4.94. The Labute approximate surface area is 102 Å².